The smallest absolute Gasteiger partial charge is 0.0478 e. The first-order valence-corrected chi connectivity index (χ1v) is 4.29. The van der Waals surface area contributed by atoms with Gasteiger partial charge in [0.2, 0.25) is 0 Å². The van der Waals surface area contributed by atoms with Gasteiger partial charge in [-0.15, -0.1) is 0 Å². The van der Waals surface area contributed by atoms with Crippen molar-refractivity contribution in [3.63, 3.8) is 0 Å². The second kappa shape index (κ2) is 5.52. The molecule has 1 aliphatic rings. The summed E-state index contributed by atoms with van der Waals surface area (Å²) in [5.74, 6) is 0. The molecular formula is C8H17N2O. The third kappa shape index (κ3) is 3.70. The van der Waals surface area contributed by atoms with Gasteiger partial charge >= 0.3 is 0 Å². The van der Waals surface area contributed by atoms with Gasteiger partial charge in [0.1, 0.15) is 0 Å². The van der Waals surface area contributed by atoms with E-state index in [4.69, 9.17) is 4.74 Å². The Bertz CT molecular complexity index is 90.1. The number of nitrogens with zero attached hydrogens (tertiary/aromatic N) is 1. The highest BCUT2D eigenvalue weighted by Gasteiger charge is 2.10. The predicted octanol–water partition coefficient (Wildman–Crippen LogP) is -0.0108. The zero-order valence-corrected chi connectivity index (χ0v) is 7.18. The molecule has 1 N–H and O–H groups in total. The highest BCUT2D eigenvalue weighted by Crippen LogP contribution is 1.96. The van der Waals surface area contributed by atoms with E-state index in [2.05, 4.69) is 10.6 Å². The molecule has 0 amide bonds. The summed E-state index contributed by atoms with van der Waals surface area (Å²) in [6, 6.07) is 0.484. The molecule has 1 heterocycles. The van der Waals surface area contributed by atoms with Crippen molar-refractivity contribution in [3.8, 4) is 0 Å². The van der Waals surface area contributed by atoms with Crippen molar-refractivity contribution in [2.24, 2.45) is 0 Å². The summed E-state index contributed by atoms with van der Waals surface area (Å²) in [4.78, 5) is 0. The first-order valence-electron chi connectivity index (χ1n) is 4.29. The summed E-state index contributed by atoms with van der Waals surface area (Å²) >= 11 is 0. The van der Waals surface area contributed by atoms with Crippen molar-refractivity contribution < 1.29 is 4.74 Å². The summed E-state index contributed by atoms with van der Waals surface area (Å²) in [5, 5.41) is 7.88. The molecule has 1 unspecified atom stereocenters. The lowest BCUT2D eigenvalue weighted by molar-refractivity contribution is 0.183. The number of rotatable bonds is 3. The van der Waals surface area contributed by atoms with Gasteiger partial charge in [-0.3, -0.25) is 0 Å². The lowest BCUT2D eigenvalue weighted by atomic mass is 10.2. The van der Waals surface area contributed by atoms with Crippen LogP contribution in [0.25, 0.3) is 0 Å². The standard InChI is InChI=1S/C8H17N2O/c1-11-6-3-8-7-9-4-2-5-10-8/h8-9H,2-7H2,1H3. The van der Waals surface area contributed by atoms with Gasteiger partial charge in [-0.1, -0.05) is 0 Å². The molecule has 1 aliphatic heterocycles. The quantitative estimate of drug-likeness (QED) is 0.625. The van der Waals surface area contributed by atoms with Gasteiger partial charge in [0.15, 0.2) is 0 Å². The van der Waals surface area contributed by atoms with Crippen LogP contribution in [-0.2, 0) is 4.74 Å². The molecule has 3 heteroatoms. The Morgan fingerprint density at radius 2 is 2.55 bits per heavy atom. The van der Waals surface area contributed by atoms with E-state index in [0.717, 1.165) is 32.7 Å². The average molecular weight is 157 g/mol. The molecule has 3 nitrogen and oxygen atoms in total. The molecule has 0 aliphatic carbocycles. The van der Waals surface area contributed by atoms with E-state index in [0.29, 0.717) is 6.04 Å². The fourth-order valence-corrected chi connectivity index (χ4v) is 1.26. The Labute approximate surface area is 68.5 Å². The normalized spacial score (nSPS) is 26.5. The van der Waals surface area contributed by atoms with Crippen LogP contribution < -0.4 is 10.6 Å². The van der Waals surface area contributed by atoms with Crippen LogP contribution >= 0.6 is 0 Å². The third-order valence-corrected chi connectivity index (χ3v) is 1.93. The monoisotopic (exact) mass is 157 g/mol. The second-order valence-corrected chi connectivity index (χ2v) is 2.90. The summed E-state index contributed by atoms with van der Waals surface area (Å²) in [6.45, 7) is 3.99. The summed E-state index contributed by atoms with van der Waals surface area (Å²) in [6.07, 6.45) is 2.24. The highest BCUT2D eigenvalue weighted by molar-refractivity contribution is 4.72. The molecule has 0 saturated carbocycles. The van der Waals surface area contributed by atoms with Gasteiger partial charge in [0.05, 0.1) is 0 Å². The Morgan fingerprint density at radius 1 is 1.64 bits per heavy atom. The maximum atomic E-state index is 5.00. The number of nitrogens with one attached hydrogen (secondary N) is 1. The van der Waals surface area contributed by atoms with Crippen LogP contribution in [0.15, 0.2) is 0 Å². The largest absolute Gasteiger partial charge is 0.385 e. The Hall–Kier alpha value is -0.120. The fraction of sp³-hybridized carbons (Fsp3) is 1.00. The van der Waals surface area contributed by atoms with E-state index in [1.165, 1.54) is 6.42 Å². The molecule has 11 heavy (non-hydrogen) atoms. The molecule has 1 radical (unpaired) electrons. The van der Waals surface area contributed by atoms with Crippen LogP contribution in [0.2, 0.25) is 0 Å². The van der Waals surface area contributed by atoms with Crippen molar-refractivity contribution in [2.45, 2.75) is 18.9 Å². The SMILES string of the molecule is COCCC1CNCCC[N]1. The summed E-state index contributed by atoms with van der Waals surface area (Å²) in [5.41, 5.74) is 0. The van der Waals surface area contributed by atoms with E-state index in [9.17, 15) is 0 Å². The number of ether oxygens (including phenoxy) is 1. The zero-order chi connectivity index (χ0) is 7.94. The maximum Gasteiger partial charge on any atom is 0.0478 e. The van der Waals surface area contributed by atoms with Crippen molar-refractivity contribution >= 4 is 0 Å². The molecule has 0 bridgehead atoms. The van der Waals surface area contributed by atoms with Crippen molar-refractivity contribution in [1.82, 2.24) is 10.6 Å². The third-order valence-electron chi connectivity index (χ3n) is 1.93. The highest BCUT2D eigenvalue weighted by atomic mass is 16.5. The molecule has 1 atom stereocenters. The van der Waals surface area contributed by atoms with Crippen molar-refractivity contribution in [2.75, 3.05) is 33.4 Å². The van der Waals surface area contributed by atoms with Crippen LogP contribution in [0.3, 0.4) is 0 Å². The lowest BCUT2D eigenvalue weighted by Gasteiger charge is -2.12. The Kier molecular flexibility index (Phi) is 4.50. The van der Waals surface area contributed by atoms with Gasteiger partial charge < -0.3 is 10.1 Å². The first-order chi connectivity index (χ1) is 5.43. The van der Waals surface area contributed by atoms with Crippen LogP contribution in [-0.4, -0.2) is 39.4 Å². The molecular weight excluding hydrogens is 140 g/mol. The van der Waals surface area contributed by atoms with Gasteiger partial charge in [0, 0.05) is 32.8 Å². The number of methoxy groups -OCH3 is 1. The number of hydrogen-bond acceptors (Lipinski definition) is 2. The maximum absolute atomic E-state index is 5.00. The van der Waals surface area contributed by atoms with E-state index >= 15 is 0 Å². The average Bonchev–Trinajstić information content (AvgIpc) is 2.28. The van der Waals surface area contributed by atoms with Crippen LogP contribution in [0, 0.1) is 0 Å². The topological polar surface area (TPSA) is 35.4 Å². The summed E-state index contributed by atoms with van der Waals surface area (Å²) in [7, 11) is 1.74. The molecule has 65 valence electrons. The van der Waals surface area contributed by atoms with Crippen molar-refractivity contribution in [1.29, 1.82) is 0 Å². The van der Waals surface area contributed by atoms with Gasteiger partial charge in [-0.2, -0.15) is 0 Å². The van der Waals surface area contributed by atoms with E-state index < -0.39 is 0 Å². The van der Waals surface area contributed by atoms with Gasteiger partial charge in [-0.25, -0.2) is 5.32 Å². The van der Waals surface area contributed by atoms with E-state index in [1.807, 2.05) is 0 Å². The molecule has 1 fully saturated rings. The molecule has 1 rings (SSSR count). The predicted molar refractivity (Wildman–Crippen MR) is 44.8 cm³/mol. The van der Waals surface area contributed by atoms with Gasteiger partial charge in [0.25, 0.3) is 0 Å². The van der Waals surface area contributed by atoms with E-state index in [1.54, 1.807) is 7.11 Å². The van der Waals surface area contributed by atoms with E-state index in [-0.39, 0.29) is 0 Å². The second-order valence-electron chi connectivity index (χ2n) is 2.90. The lowest BCUT2D eigenvalue weighted by Crippen LogP contribution is -2.31. The molecule has 0 aromatic rings. The Balaban J connectivity index is 2.09. The number of hydrogen-bond donors (Lipinski definition) is 1. The zero-order valence-electron chi connectivity index (χ0n) is 7.18. The van der Waals surface area contributed by atoms with Crippen LogP contribution in [0.5, 0.6) is 0 Å². The minimum Gasteiger partial charge on any atom is -0.385 e. The fourth-order valence-electron chi connectivity index (χ4n) is 1.26. The van der Waals surface area contributed by atoms with Crippen molar-refractivity contribution in [3.05, 3.63) is 0 Å². The molecule has 0 spiro atoms. The Morgan fingerprint density at radius 3 is 3.36 bits per heavy atom. The molecule has 0 aromatic carbocycles. The van der Waals surface area contributed by atoms with Crippen LogP contribution in [0.1, 0.15) is 12.8 Å². The summed E-state index contributed by atoms with van der Waals surface area (Å²) < 4.78 is 5.00. The molecule has 1 saturated heterocycles. The van der Waals surface area contributed by atoms with Gasteiger partial charge in [-0.05, 0) is 19.4 Å². The molecule has 0 aromatic heterocycles. The minimum atomic E-state index is 0.484. The minimum absolute atomic E-state index is 0.484. The van der Waals surface area contributed by atoms with Crippen LogP contribution in [0.4, 0.5) is 0 Å². The first kappa shape index (κ1) is 8.97.